The molecule has 0 spiro atoms. The molecule has 0 atom stereocenters. The number of hydrazone groups is 1. The van der Waals surface area contributed by atoms with Gasteiger partial charge in [-0.3, -0.25) is 0 Å². The number of hydrogen-bond donors (Lipinski definition) is 1. The molecule has 0 unspecified atom stereocenters. The van der Waals surface area contributed by atoms with Gasteiger partial charge in [0.2, 0.25) is 0 Å². The largest absolute Gasteiger partial charge is 0.494 e. The van der Waals surface area contributed by atoms with Crippen molar-refractivity contribution in [3.63, 3.8) is 0 Å². The van der Waals surface area contributed by atoms with Gasteiger partial charge in [-0.15, -0.1) is 0 Å². The summed E-state index contributed by atoms with van der Waals surface area (Å²) in [4.78, 5) is 2.28. The van der Waals surface area contributed by atoms with Gasteiger partial charge in [-0.2, -0.15) is 13.5 Å². The first kappa shape index (κ1) is 19.6. The number of rotatable bonds is 9. The van der Waals surface area contributed by atoms with E-state index in [0.29, 0.717) is 36.0 Å². The summed E-state index contributed by atoms with van der Waals surface area (Å²) in [7, 11) is -2.22. The summed E-state index contributed by atoms with van der Waals surface area (Å²) in [6.07, 6.45) is 1.39. The topological polar surface area (TPSA) is 86.2 Å². The molecule has 0 heterocycles. The number of hydrogen-bond acceptors (Lipinski definition) is 6. The van der Waals surface area contributed by atoms with Gasteiger partial charge in [0.25, 0.3) is 10.0 Å². The zero-order chi connectivity index (χ0) is 19.0. The Balaban J connectivity index is 2.08. The summed E-state index contributed by atoms with van der Waals surface area (Å²) in [6.45, 7) is 4.77. The Hall–Kier alpha value is -2.74. The second-order valence-corrected chi connectivity index (χ2v) is 6.76. The normalized spacial score (nSPS) is 11.3. The standard InChI is InChI=1S/C18H22N2O5S/c1-4-24-15-7-9-16(10-8-15)26(21,22)20-19-13-14-6-11-17(25-5-2)18(12-14)23-3/h6-13,20H,4-5H2,1-3H3/b19-13-. The number of nitrogens with zero attached hydrogens (tertiary/aromatic N) is 1. The first-order chi connectivity index (χ1) is 12.5. The minimum atomic E-state index is -3.75. The molecule has 0 fully saturated rings. The molecule has 0 aromatic heterocycles. The summed E-state index contributed by atoms with van der Waals surface area (Å²) >= 11 is 0. The molecule has 26 heavy (non-hydrogen) atoms. The van der Waals surface area contributed by atoms with Crippen LogP contribution in [-0.4, -0.2) is 35.0 Å². The van der Waals surface area contributed by atoms with Crippen molar-refractivity contribution >= 4 is 16.2 Å². The van der Waals surface area contributed by atoms with E-state index in [2.05, 4.69) is 9.93 Å². The van der Waals surface area contributed by atoms with Crippen LogP contribution in [-0.2, 0) is 10.0 Å². The summed E-state index contributed by atoms with van der Waals surface area (Å²) in [5.41, 5.74) is 0.666. The van der Waals surface area contributed by atoms with E-state index in [4.69, 9.17) is 14.2 Å². The van der Waals surface area contributed by atoms with Crippen LogP contribution in [0.5, 0.6) is 17.2 Å². The molecule has 8 heteroatoms. The van der Waals surface area contributed by atoms with Crippen molar-refractivity contribution in [2.24, 2.45) is 5.10 Å². The first-order valence-corrected chi connectivity index (χ1v) is 9.57. The van der Waals surface area contributed by atoms with E-state index >= 15 is 0 Å². The van der Waals surface area contributed by atoms with Crippen molar-refractivity contribution in [1.82, 2.24) is 4.83 Å². The SMILES string of the molecule is CCOc1ccc(S(=O)(=O)N/N=C\c2ccc(OCC)c(OC)c2)cc1. The van der Waals surface area contributed by atoms with Gasteiger partial charge in [0, 0.05) is 0 Å². The lowest BCUT2D eigenvalue weighted by molar-refractivity contribution is 0.311. The Morgan fingerprint density at radius 1 is 1.00 bits per heavy atom. The average Bonchev–Trinajstić information content (AvgIpc) is 2.63. The number of nitrogens with one attached hydrogen (secondary N) is 1. The number of ether oxygens (including phenoxy) is 3. The lowest BCUT2D eigenvalue weighted by Crippen LogP contribution is -2.18. The van der Waals surface area contributed by atoms with Gasteiger partial charge in [0.05, 0.1) is 31.4 Å². The van der Waals surface area contributed by atoms with Crippen LogP contribution >= 0.6 is 0 Å². The monoisotopic (exact) mass is 378 g/mol. The Kier molecular flexibility index (Phi) is 6.85. The lowest BCUT2D eigenvalue weighted by Gasteiger charge is -2.09. The maximum atomic E-state index is 12.2. The molecule has 0 saturated carbocycles. The maximum Gasteiger partial charge on any atom is 0.276 e. The Morgan fingerprint density at radius 2 is 1.69 bits per heavy atom. The van der Waals surface area contributed by atoms with Crippen molar-refractivity contribution in [3.05, 3.63) is 48.0 Å². The molecule has 0 aliphatic carbocycles. The molecule has 2 aromatic carbocycles. The van der Waals surface area contributed by atoms with E-state index in [9.17, 15) is 8.42 Å². The molecular weight excluding hydrogens is 356 g/mol. The number of sulfonamides is 1. The van der Waals surface area contributed by atoms with Gasteiger partial charge in [0.15, 0.2) is 11.5 Å². The maximum absolute atomic E-state index is 12.2. The van der Waals surface area contributed by atoms with Crippen LogP contribution in [0.3, 0.4) is 0 Å². The molecule has 0 aliphatic rings. The minimum Gasteiger partial charge on any atom is -0.494 e. The first-order valence-electron chi connectivity index (χ1n) is 8.08. The molecule has 0 radical (unpaired) electrons. The second kappa shape index (κ2) is 9.10. The molecule has 0 aliphatic heterocycles. The zero-order valence-corrected chi connectivity index (χ0v) is 15.7. The number of methoxy groups -OCH3 is 1. The third-order valence-electron chi connectivity index (χ3n) is 3.32. The van der Waals surface area contributed by atoms with Gasteiger partial charge >= 0.3 is 0 Å². The summed E-state index contributed by atoms with van der Waals surface area (Å²) in [5, 5.41) is 3.81. The van der Waals surface area contributed by atoms with E-state index in [0.717, 1.165) is 0 Å². The van der Waals surface area contributed by atoms with E-state index in [1.807, 2.05) is 13.8 Å². The fourth-order valence-corrected chi connectivity index (χ4v) is 2.94. The average molecular weight is 378 g/mol. The van der Waals surface area contributed by atoms with E-state index in [1.54, 1.807) is 30.3 Å². The van der Waals surface area contributed by atoms with Gasteiger partial charge < -0.3 is 14.2 Å². The molecule has 0 saturated heterocycles. The van der Waals surface area contributed by atoms with E-state index < -0.39 is 10.0 Å². The van der Waals surface area contributed by atoms with Crippen LogP contribution in [0.1, 0.15) is 19.4 Å². The van der Waals surface area contributed by atoms with Gasteiger partial charge in [-0.05, 0) is 61.9 Å². The van der Waals surface area contributed by atoms with Gasteiger partial charge in [-0.25, -0.2) is 4.83 Å². The van der Waals surface area contributed by atoms with Crippen LogP contribution in [0, 0.1) is 0 Å². The van der Waals surface area contributed by atoms with Gasteiger partial charge in [-0.1, -0.05) is 0 Å². The quantitative estimate of drug-likeness (QED) is 0.536. The third kappa shape index (κ3) is 5.13. The lowest BCUT2D eigenvalue weighted by atomic mass is 10.2. The van der Waals surface area contributed by atoms with Crippen molar-refractivity contribution in [1.29, 1.82) is 0 Å². The zero-order valence-electron chi connectivity index (χ0n) is 14.9. The van der Waals surface area contributed by atoms with Crippen LogP contribution in [0.15, 0.2) is 52.5 Å². The van der Waals surface area contributed by atoms with Gasteiger partial charge in [0.1, 0.15) is 5.75 Å². The second-order valence-electron chi connectivity index (χ2n) is 5.10. The molecule has 0 amide bonds. The van der Waals surface area contributed by atoms with Crippen LogP contribution in [0.4, 0.5) is 0 Å². The number of benzene rings is 2. The van der Waals surface area contributed by atoms with Crippen LogP contribution in [0.2, 0.25) is 0 Å². The highest BCUT2D eigenvalue weighted by atomic mass is 32.2. The Morgan fingerprint density at radius 3 is 2.31 bits per heavy atom. The fraction of sp³-hybridized carbons (Fsp3) is 0.278. The van der Waals surface area contributed by atoms with Crippen LogP contribution in [0.25, 0.3) is 0 Å². The molecule has 1 N–H and O–H groups in total. The molecular formula is C18H22N2O5S. The molecule has 140 valence electrons. The molecule has 2 rings (SSSR count). The molecule has 2 aromatic rings. The van der Waals surface area contributed by atoms with Crippen molar-refractivity contribution < 1.29 is 22.6 Å². The summed E-state index contributed by atoms with van der Waals surface area (Å²) in [5.74, 6) is 1.77. The predicted octanol–water partition coefficient (Wildman–Crippen LogP) is 2.81. The van der Waals surface area contributed by atoms with Crippen molar-refractivity contribution in [2.45, 2.75) is 18.7 Å². The third-order valence-corrected chi connectivity index (χ3v) is 4.56. The van der Waals surface area contributed by atoms with E-state index in [-0.39, 0.29) is 4.90 Å². The van der Waals surface area contributed by atoms with Crippen LogP contribution < -0.4 is 19.0 Å². The fourth-order valence-electron chi connectivity index (χ4n) is 2.14. The summed E-state index contributed by atoms with van der Waals surface area (Å²) < 4.78 is 40.5. The minimum absolute atomic E-state index is 0.0994. The van der Waals surface area contributed by atoms with E-state index in [1.165, 1.54) is 25.5 Å². The predicted molar refractivity (Wildman–Crippen MR) is 99.7 cm³/mol. The van der Waals surface area contributed by atoms with Crippen molar-refractivity contribution in [2.75, 3.05) is 20.3 Å². The van der Waals surface area contributed by atoms with Crippen molar-refractivity contribution in [3.8, 4) is 17.2 Å². The highest BCUT2D eigenvalue weighted by molar-refractivity contribution is 7.89. The smallest absolute Gasteiger partial charge is 0.276 e. The Bertz CT molecular complexity index is 848. The summed E-state index contributed by atoms with van der Waals surface area (Å²) in [6, 6.07) is 11.3. The highest BCUT2D eigenvalue weighted by Crippen LogP contribution is 2.27. The molecule has 0 bridgehead atoms. The Labute approximate surface area is 153 Å². The molecule has 7 nitrogen and oxygen atoms in total. The highest BCUT2D eigenvalue weighted by Gasteiger charge is 2.12.